The van der Waals surface area contributed by atoms with Crippen LogP contribution in [0, 0.1) is 0 Å². The van der Waals surface area contributed by atoms with Crippen molar-refractivity contribution in [3.63, 3.8) is 0 Å². The Labute approximate surface area is 68.1 Å². The van der Waals surface area contributed by atoms with Gasteiger partial charge in [-0.2, -0.15) is 0 Å². The lowest BCUT2D eigenvalue weighted by Gasteiger charge is -2.10. The molecule has 72 valence electrons. The number of ether oxygens (including phenoxy) is 2. The Morgan fingerprint density at radius 2 is 2.25 bits per heavy atom. The van der Waals surface area contributed by atoms with Crippen molar-refractivity contribution in [3.05, 3.63) is 0 Å². The molecule has 0 aromatic heterocycles. The van der Waals surface area contributed by atoms with E-state index in [4.69, 9.17) is 24.4 Å². The van der Waals surface area contributed by atoms with Crippen molar-refractivity contribution in [2.24, 2.45) is 0 Å². The Bertz CT molecular complexity index is 188. The number of aliphatic hydroxyl groups is 1. The summed E-state index contributed by atoms with van der Waals surface area (Å²) in [6.07, 6.45) is -1.97. The van der Waals surface area contributed by atoms with Gasteiger partial charge in [-0.15, -0.1) is 0 Å². The molecular formula is C4H9O7P. The van der Waals surface area contributed by atoms with Crippen molar-refractivity contribution in [2.75, 3.05) is 13.2 Å². The first-order valence-electron chi connectivity index (χ1n) is 3.13. The predicted molar refractivity (Wildman–Crippen MR) is 34.8 cm³/mol. The van der Waals surface area contributed by atoms with Crippen molar-refractivity contribution in [1.29, 1.82) is 0 Å². The Hall–Kier alpha value is -0.0100. The fourth-order valence-electron chi connectivity index (χ4n) is 0.738. The van der Waals surface area contributed by atoms with Crippen LogP contribution in [0.15, 0.2) is 0 Å². The topological polar surface area (TPSA) is 105 Å². The molecule has 0 radical (unpaired) electrons. The van der Waals surface area contributed by atoms with E-state index in [0.29, 0.717) is 0 Å². The van der Waals surface area contributed by atoms with E-state index in [0.717, 1.165) is 0 Å². The summed E-state index contributed by atoms with van der Waals surface area (Å²) in [5, 5.41) is 8.48. The first-order valence-corrected chi connectivity index (χ1v) is 4.66. The van der Waals surface area contributed by atoms with Gasteiger partial charge in [0.15, 0.2) is 12.6 Å². The lowest BCUT2D eigenvalue weighted by Crippen LogP contribution is -2.17. The molecule has 0 aromatic carbocycles. The summed E-state index contributed by atoms with van der Waals surface area (Å²) in [5.41, 5.74) is 0. The molecule has 7 nitrogen and oxygen atoms in total. The van der Waals surface area contributed by atoms with E-state index in [9.17, 15) is 4.57 Å². The highest BCUT2D eigenvalue weighted by Gasteiger charge is 2.31. The van der Waals surface area contributed by atoms with Crippen molar-refractivity contribution >= 4 is 7.82 Å². The minimum atomic E-state index is -4.54. The standard InChI is InChI=1S/C4H9O7P/c5-1-3-9-2-4(10-3)11-12(6,7)8/h3-5H,1-2H2,(H2,6,7,8)/t3-,4?/m0/s1. The third-order valence-electron chi connectivity index (χ3n) is 1.13. The summed E-state index contributed by atoms with van der Waals surface area (Å²) in [5.74, 6) is 0. The average Bonchev–Trinajstić information content (AvgIpc) is 2.32. The van der Waals surface area contributed by atoms with Gasteiger partial charge in [-0.1, -0.05) is 0 Å². The molecule has 0 aliphatic carbocycles. The van der Waals surface area contributed by atoms with Crippen LogP contribution in [0.25, 0.3) is 0 Å². The van der Waals surface area contributed by atoms with Gasteiger partial charge in [-0.25, -0.2) is 4.57 Å². The summed E-state index contributed by atoms with van der Waals surface area (Å²) >= 11 is 0. The van der Waals surface area contributed by atoms with Crippen LogP contribution in [0.3, 0.4) is 0 Å². The molecule has 1 rings (SSSR count). The SMILES string of the molecule is O=P(O)(O)OC1CO[C@H](CO)O1. The number of phosphoric ester groups is 1. The van der Waals surface area contributed by atoms with Crippen molar-refractivity contribution in [3.8, 4) is 0 Å². The van der Waals surface area contributed by atoms with Crippen LogP contribution in [0.2, 0.25) is 0 Å². The zero-order valence-corrected chi connectivity index (χ0v) is 6.89. The first-order chi connectivity index (χ1) is 5.51. The Morgan fingerprint density at radius 1 is 1.58 bits per heavy atom. The maximum absolute atomic E-state index is 10.3. The number of rotatable bonds is 3. The minimum absolute atomic E-state index is 0.101. The summed E-state index contributed by atoms with van der Waals surface area (Å²) in [6.45, 7) is -0.475. The lowest BCUT2D eigenvalue weighted by molar-refractivity contribution is -0.128. The summed E-state index contributed by atoms with van der Waals surface area (Å²) in [4.78, 5) is 16.7. The fraction of sp³-hybridized carbons (Fsp3) is 1.00. The number of aliphatic hydroxyl groups excluding tert-OH is 1. The van der Waals surface area contributed by atoms with Crippen LogP contribution in [0.5, 0.6) is 0 Å². The number of hydrogen-bond donors (Lipinski definition) is 3. The van der Waals surface area contributed by atoms with E-state index in [-0.39, 0.29) is 13.2 Å². The molecule has 0 spiro atoms. The highest BCUT2D eigenvalue weighted by molar-refractivity contribution is 7.46. The second-order valence-electron chi connectivity index (χ2n) is 2.11. The molecule has 8 heteroatoms. The van der Waals surface area contributed by atoms with Gasteiger partial charge in [0.2, 0.25) is 0 Å². The van der Waals surface area contributed by atoms with Crippen molar-refractivity contribution < 1.29 is 33.5 Å². The van der Waals surface area contributed by atoms with Gasteiger partial charge in [0.25, 0.3) is 0 Å². The quantitative estimate of drug-likeness (QED) is 0.490. The molecular weight excluding hydrogens is 191 g/mol. The van der Waals surface area contributed by atoms with Crippen LogP contribution in [0.4, 0.5) is 0 Å². The molecule has 12 heavy (non-hydrogen) atoms. The van der Waals surface area contributed by atoms with Gasteiger partial charge in [0, 0.05) is 0 Å². The molecule has 1 saturated heterocycles. The molecule has 2 atom stereocenters. The number of hydrogen-bond acceptors (Lipinski definition) is 5. The first kappa shape index (κ1) is 10.1. The maximum Gasteiger partial charge on any atom is 0.472 e. The molecule has 1 aliphatic heterocycles. The van der Waals surface area contributed by atoms with Gasteiger partial charge >= 0.3 is 7.82 Å². The van der Waals surface area contributed by atoms with Crippen LogP contribution in [-0.2, 0) is 18.6 Å². The average molecular weight is 200 g/mol. The van der Waals surface area contributed by atoms with Gasteiger partial charge in [0.05, 0.1) is 6.61 Å². The Kier molecular flexibility index (Phi) is 3.19. The fourth-order valence-corrected chi connectivity index (χ4v) is 1.15. The van der Waals surface area contributed by atoms with Gasteiger partial charge < -0.3 is 24.4 Å². The maximum atomic E-state index is 10.3. The summed E-state index contributed by atoms with van der Waals surface area (Å²) < 4.78 is 23.8. The van der Waals surface area contributed by atoms with E-state index in [1.54, 1.807) is 0 Å². The molecule has 0 amide bonds. The molecule has 1 unspecified atom stereocenters. The summed E-state index contributed by atoms with van der Waals surface area (Å²) in [6, 6.07) is 0. The predicted octanol–water partition coefficient (Wildman–Crippen LogP) is -1.21. The largest absolute Gasteiger partial charge is 0.472 e. The molecule has 1 aliphatic rings. The Morgan fingerprint density at radius 3 is 2.67 bits per heavy atom. The molecule has 0 saturated carbocycles. The normalized spacial score (nSPS) is 30.9. The van der Waals surface area contributed by atoms with Gasteiger partial charge in [-0.05, 0) is 0 Å². The van der Waals surface area contributed by atoms with Gasteiger partial charge in [0.1, 0.15) is 6.61 Å². The van der Waals surface area contributed by atoms with E-state index in [1.165, 1.54) is 0 Å². The zero-order valence-electron chi connectivity index (χ0n) is 5.99. The molecule has 3 N–H and O–H groups in total. The molecule has 1 heterocycles. The van der Waals surface area contributed by atoms with Crippen LogP contribution in [-0.4, -0.2) is 40.7 Å². The lowest BCUT2D eigenvalue weighted by atomic mass is 10.7. The minimum Gasteiger partial charge on any atom is -0.391 e. The van der Waals surface area contributed by atoms with Crippen molar-refractivity contribution in [1.82, 2.24) is 0 Å². The van der Waals surface area contributed by atoms with E-state index >= 15 is 0 Å². The highest BCUT2D eigenvalue weighted by Crippen LogP contribution is 2.39. The zero-order chi connectivity index (χ0) is 9.19. The highest BCUT2D eigenvalue weighted by atomic mass is 31.2. The third kappa shape index (κ3) is 3.16. The van der Waals surface area contributed by atoms with Gasteiger partial charge in [-0.3, -0.25) is 4.52 Å². The number of phosphoric acid groups is 1. The molecule has 1 fully saturated rings. The Balaban J connectivity index is 2.33. The molecule has 0 aromatic rings. The van der Waals surface area contributed by atoms with Crippen LogP contribution >= 0.6 is 7.82 Å². The molecule has 0 bridgehead atoms. The second kappa shape index (κ2) is 3.80. The van der Waals surface area contributed by atoms with E-state index in [2.05, 4.69) is 4.52 Å². The summed E-state index contributed by atoms with van der Waals surface area (Å²) in [7, 11) is -4.54. The van der Waals surface area contributed by atoms with E-state index < -0.39 is 20.4 Å². The third-order valence-corrected chi connectivity index (χ3v) is 1.64. The van der Waals surface area contributed by atoms with Crippen molar-refractivity contribution in [2.45, 2.75) is 12.6 Å². The monoisotopic (exact) mass is 200 g/mol. The van der Waals surface area contributed by atoms with E-state index in [1.807, 2.05) is 0 Å². The van der Waals surface area contributed by atoms with Crippen LogP contribution in [0.1, 0.15) is 0 Å². The smallest absolute Gasteiger partial charge is 0.391 e. The second-order valence-corrected chi connectivity index (χ2v) is 3.30. The van der Waals surface area contributed by atoms with Crippen LogP contribution < -0.4 is 0 Å².